The maximum absolute atomic E-state index is 12.6. The standard InChI is InChI=1S/C21H25N3O4S/c1-15-7-8-18(13-16(15)2)21(26)23-14-20(25)22-10-12-29(27,28)24-11-9-17-5-3-4-6-19(17)24/h3-8,13H,9-12,14H2,1-2H3,(H,22,25)(H,23,26). The Labute approximate surface area is 171 Å². The van der Waals surface area contributed by atoms with E-state index in [2.05, 4.69) is 10.6 Å². The van der Waals surface area contributed by atoms with Crippen molar-refractivity contribution >= 4 is 27.5 Å². The molecule has 0 saturated heterocycles. The highest BCUT2D eigenvalue weighted by Crippen LogP contribution is 2.29. The molecular formula is C21H25N3O4S. The summed E-state index contributed by atoms with van der Waals surface area (Å²) in [7, 11) is -3.52. The highest BCUT2D eigenvalue weighted by molar-refractivity contribution is 7.92. The van der Waals surface area contributed by atoms with Gasteiger partial charge in [-0.25, -0.2) is 8.42 Å². The molecule has 2 amide bonds. The van der Waals surface area contributed by atoms with Crippen LogP contribution in [-0.2, 0) is 21.2 Å². The van der Waals surface area contributed by atoms with Gasteiger partial charge in [-0.1, -0.05) is 24.3 Å². The fraction of sp³-hybridized carbons (Fsp3) is 0.333. The van der Waals surface area contributed by atoms with E-state index in [0.29, 0.717) is 24.2 Å². The molecule has 0 aromatic heterocycles. The molecule has 2 aromatic rings. The average molecular weight is 416 g/mol. The van der Waals surface area contributed by atoms with Crippen LogP contribution in [-0.4, -0.2) is 45.6 Å². The Balaban J connectivity index is 1.46. The van der Waals surface area contributed by atoms with Crippen LogP contribution in [0.25, 0.3) is 0 Å². The summed E-state index contributed by atoms with van der Waals surface area (Å²) in [5.74, 6) is -0.971. The van der Waals surface area contributed by atoms with Gasteiger partial charge < -0.3 is 10.6 Å². The summed E-state index contributed by atoms with van der Waals surface area (Å²) in [5.41, 5.74) is 4.28. The van der Waals surface area contributed by atoms with E-state index < -0.39 is 15.9 Å². The minimum Gasteiger partial charge on any atom is -0.353 e. The molecule has 3 rings (SSSR count). The quantitative estimate of drug-likeness (QED) is 0.717. The number of nitrogens with zero attached hydrogens (tertiary/aromatic N) is 1. The van der Waals surface area contributed by atoms with Crippen LogP contribution in [0, 0.1) is 13.8 Å². The van der Waals surface area contributed by atoms with Crippen LogP contribution in [0.3, 0.4) is 0 Å². The zero-order valence-electron chi connectivity index (χ0n) is 16.6. The summed E-state index contributed by atoms with van der Waals surface area (Å²) in [6.07, 6.45) is 0.687. The number of anilines is 1. The summed E-state index contributed by atoms with van der Waals surface area (Å²) < 4.78 is 26.6. The topological polar surface area (TPSA) is 95.6 Å². The van der Waals surface area contributed by atoms with Crippen LogP contribution in [0.4, 0.5) is 5.69 Å². The molecule has 0 aliphatic carbocycles. The van der Waals surface area contributed by atoms with Crippen LogP contribution < -0.4 is 14.9 Å². The fourth-order valence-electron chi connectivity index (χ4n) is 3.23. The summed E-state index contributed by atoms with van der Waals surface area (Å²) >= 11 is 0. The lowest BCUT2D eigenvalue weighted by molar-refractivity contribution is -0.120. The van der Waals surface area contributed by atoms with Crippen LogP contribution in [0.15, 0.2) is 42.5 Å². The molecule has 2 N–H and O–H groups in total. The van der Waals surface area contributed by atoms with Crippen molar-refractivity contribution in [3.63, 3.8) is 0 Å². The van der Waals surface area contributed by atoms with Crippen LogP contribution in [0.1, 0.15) is 27.0 Å². The molecule has 0 spiro atoms. The van der Waals surface area contributed by atoms with E-state index in [-0.39, 0.29) is 24.7 Å². The number of carbonyl (C=O) groups excluding carboxylic acids is 2. The summed E-state index contributed by atoms with van der Waals surface area (Å²) in [4.78, 5) is 24.1. The second-order valence-corrected chi connectivity index (χ2v) is 9.11. The van der Waals surface area contributed by atoms with Gasteiger partial charge in [0.1, 0.15) is 0 Å². The van der Waals surface area contributed by atoms with E-state index in [1.807, 2.05) is 38.1 Å². The van der Waals surface area contributed by atoms with Crippen LogP contribution in [0.2, 0.25) is 0 Å². The Morgan fingerprint density at radius 2 is 1.79 bits per heavy atom. The first kappa shape index (κ1) is 20.9. The first-order valence-corrected chi connectivity index (χ1v) is 11.1. The molecule has 2 aromatic carbocycles. The van der Waals surface area contributed by atoms with Gasteiger partial charge >= 0.3 is 0 Å². The number of rotatable bonds is 7. The molecule has 0 unspecified atom stereocenters. The Morgan fingerprint density at radius 3 is 2.55 bits per heavy atom. The van der Waals surface area contributed by atoms with Crippen molar-refractivity contribution in [2.45, 2.75) is 20.3 Å². The Bertz CT molecular complexity index is 1030. The highest BCUT2D eigenvalue weighted by atomic mass is 32.2. The van der Waals surface area contributed by atoms with E-state index in [1.54, 1.807) is 18.2 Å². The fourth-order valence-corrected chi connectivity index (χ4v) is 4.66. The Morgan fingerprint density at radius 1 is 1.03 bits per heavy atom. The molecule has 29 heavy (non-hydrogen) atoms. The molecule has 0 fully saturated rings. The molecule has 0 atom stereocenters. The summed E-state index contributed by atoms with van der Waals surface area (Å²) in [6.45, 7) is 4.07. The third-order valence-electron chi connectivity index (χ3n) is 5.04. The molecule has 7 nitrogen and oxygen atoms in total. The van der Waals surface area contributed by atoms with E-state index >= 15 is 0 Å². The van der Waals surface area contributed by atoms with Gasteiger partial charge in [0.05, 0.1) is 18.0 Å². The van der Waals surface area contributed by atoms with Crippen molar-refractivity contribution in [1.29, 1.82) is 0 Å². The smallest absolute Gasteiger partial charge is 0.251 e. The molecule has 8 heteroatoms. The van der Waals surface area contributed by atoms with Crippen molar-refractivity contribution in [3.8, 4) is 0 Å². The van der Waals surface area contributed by atoms with Crippen LogP contribution in [0.5, 0.6) is 0 Å². The molecule has 0 bridgehead atoms. The van der Waals surface area contributed by atoms with Crippen molar-refractivity contribution in [2.24, 2.45) is 0 Å². The van der Waals surface area contributed by atoms with Gasteiger partial charge in [-0.2, -0.15) is 0 Å². The minimum absolute atomic E-state index is 0.0145. The number of hydrogen-bond acceptors (Lipinski definition) is 4. The number of para-hydroxylation sites is 1. The number of fused-ring (bicyclic) bond motifs is 1. The highest BCUT2D eigenvalue weighted by Gasteiger charge is 2.28. The predicted molar refractivity (Wildman–Crippen MR) is 113 cm³/mol. The monoisotopic (exact) mass is 415 g/mol. The first-order chi connectivity index (χ1) is 13.8. The first-order valence-electron chi connectivity index (χ1n) is 9.48. The van der Waals surface area contributed by atoms with Gasteiger partial charge in [-0.3, -0.25) is 13.9 Å². The molecule has 0 saturated carbocycles. The lowest BCUT2D eigenvalue weighted by atomic mass is 10.1. The molecule has 154 valence electrons. The average Bonchev–Trinajstić information content (AvgIpc) is 3.13. The number of amides is 2. The number of hydrogen-bond donors (Lipinski definition) is 2. The normalized spacial score (nSPS) is 13.1. The van der Waals surface area contributed by atoms with E-state index in [1.165, 1.54) is 4.31 Å². The van der Waals surface area contributed by atoms with Crippen molar-refractivity contribution in [1.82, 2.24) is 10.6 Å². The molecule has 1 aliphatic heterocycles. The second-order valence-electron chi connectivity index (χ2n) is 7.10. The van der Waals surface area contributed by atoms with Gasteiger partial charge in [0.2, 0.25) is 15.9 Å². The van der Waals surface area contributed by atoms with Gasteiger partial charge in [0.15, 0.2) is 0 Å². The number of nitrogens with one attached hydrogen (secondary N) is 2. The summed E-state index contributed by atoms with van der Waals surface area (Å²) in [6, 6.07) is 12.7. The van der Waals surface area contributed by atoms with Crippen molar-refractivity contribution < 1.29 is 18.0 Å². The van der Waals surface area contributed by atoms with Crippen LogP contribution >= 0.6 is 0 Å². The third-order valence-corrected chi connectivity index (χ3v) is 6.81. The van der Waals surface area contributed by atoms with E-state index in [9.17, 15) is 18.0 Å². The Kier molecular flexibility index (Phi) is 6.22. The number of benzene rings is 2. The van der Waals surface area contributed by atoms with Gasteiger partial charge in [0.25, 0.3) is 5.91 Å². The maximum atomic E-state index is 12.6. The molecular weight excluding hydrogens is 390 g/mol. The maximum Gasteiger partial charge on any atom is 0.251 e. The minimum atomic E-state index is -3.52. The molecule has 1 heterocycles. The second kappa shape index (κ2) is 8.65. The molecule has 1 aliphatic rings. The summed E-state index contributed by atoms with van der Waals surface area (Å²) in [5, 5.41) is 5.10. The van der Waals surface area contributed by atoms with Crippen molar-refractivity contribution in [2.75, 3.05) is 29.7 Å². The van der Waals surface area contributed by atoms with E-state index in [4.69, 9.17) is 0 Å². The van der Waals surface area contributed by atoms with E-state index in [0.717, 1.165) is 16.7 Å². The SMILES string of the molecule is Cc1ccc(C(=O)NCC(=O)NCCS(=O)(=O)N2CCc3ccccc32)cc1C. The lowest BCUT2D eigenvalue weighted by Gasteiger charge is -2.19. The van der Waals surface area contributed by atoms with Gasteiger partial charge in [0, 0.05) is 18.7 Å². The zero-order valence-corrected chi connectivity index (χ0v) is 17.4. The predicted octanol–water partition coefficient (Wildman–Crippen LogP) is 1.54. The zero-order chi connectivity index (χ0) is 21.0. The Hall–Kier alpha value is -2.87. The van der Waals surface area contributed by atoms with Crippen molar-refractivity contribution in [3.05, 3.63) is 64.7 Å². The molecule has 0 radical (unpaired) electrons. The van der Waals surface area contributed by atoms with Gasteiger partial charge in [-0.05, 0) is 55.2 Å². The van der Waals surface area contributed by atoms with Gasteiger partial charge in [-0.15, -0.1) is 0 Å². The number of sulfonamides is 1. The largest absolute Gasteiger partial charge is 0.353 e. The third kappa shape index (κ3) is 4.95. The lowest BCUT2D eigenvalue weighted by Crippen LogP contribution is -2.41. The number of aryl methyl sites for hydroxylation is 2. The number of carbonyl (C=O) groups is 2.